The fraction of sp³-hybridized carbons (Fsp3) is 0.667. The highest BCUT2D eigenvalue weighted by Gasteiger charge is 2.47. The van der Waals surface area contributed by atoms with Crippen molar-refractivity contribution in [2.24, 2.45) is 11.8 Å². The Morgan fingerprint density at radius 2 is 1.86 bits per heavy atom. The zero-order chi connectivity index (χ0) is 16.5. The van der Waals surface area contributed by atoms with Crippen molar-refractivity contribution in [2.45, 2.75) is 26.9 Å². The Morgan fingerprint density at radius 3 is 2.19 bits per heavy atom. The summed E-state index contributed by atoms with van der Waals surface area (Å²) < 4.78 is 37.9. The Kier molecular flexibility index (Phi) is 4.75. The Labute approximate surface area is 119 Å². The molecule has 0 spiro atoms. The van der Waals surface area contributed by atoms with Gasteiger partial charge in [-0.1, -0.05) is 13.8 Å². The van der Waals surface area contributed by atoms with Crippen LogP contribution in [0.25, 0.3) is 0 Å². The molecule has 2 N–H and O–H groups in total. The third kappa shape index (κ3) is 3.40. The first-order chi connectivity index (χ1) is 9.51. The number of aliphatic carboxylic acids is 1. The van der Waals surface area contributed by atoms with Gasteiger partial charge in [-0.25, -0.2) is 5.01 Å². The molecule has 0 aromatic heterocycles. The molecule has 0 fully saturated rings. The first kappa shape index (κ1) is 17.1. The molecule has 1 amide bonds. The smallest absolute Gasteiger partial charge is 0.408 e. The quantitative estimate of drug-likeness (QED) is 0.773. The number of aliphatic hydroxyl groups is 1. The Balaban J connectivity index is 3.40. The molecule has 1 heterocycles. The molecule has 1 rings (SSSR count). The summed E-state index contributed by atoms with van der Waals surface area (Å²) in [6.07, 6.45) is -4.68. The van der Waals surface area contributed by atoms with Crippen LogP contribution < -0.4 is 0 Å². The second kappa shape index (κ2) is 5.82. The van der Waals surface area contributed by atoms with Gasteiger partial charge in [0.25, 0.3) is 5.91 Å². The van der Waals surface area contributed by atoms with Crippen molar-refractivity contribution >= 4 is 11.9 Å². The van der Waals surface area contributed by atoms with Crippen LogP contribution in [0.4, 0.5) is 13.2 Å². The monoisotopic (exact) mass is 310 g/mol. The van der Waals surface area contributed by atoms with Gasteiger partial charge in [0.1, 0.15) is 12.3 Å². The highest BCUT2D eigenvalue weighted by molar-refractivity contribution is 6.00. The second-order valence-electron chi connectivity index (χ2n) is 4.92. The summed E-state index contributed by atoms with van der Waals surface area (Å²) in [6.45, 7) is 3.08. The van der Waals surface area contributed by atoms with Crippen molar-refractivity contribution in [1.82, 2.24) is 10.0 Å². The van der Waals surface area contributed by atoms with E-state index in [9.17, 15) is 27.9 Å². The van der Waals surface area contributed by atoms with E-state index in [1.54, 1.807) is 13.8 Å². The molecule has 0 aromatic carbocycles. The molecular formula is C12H17F3N2O4. The van der Waals surface area contributed by atoms with E-state index in [1.165, 1.54) is 6.92 Å². The number of carboxylic acid groups (broad SMARTS) is 1. The number of halogens is 3. The summed E-state index contributed by atoms with van der Waals surface area (Å²) >= 11 is 0. The number of amides is 1. The minimum atomic E-state index is -4.68. The van der Waals surface area contributed by atoms with E-state index >= 15 is 0 Å². The van der Waals surface area contributed by atoms with Crippen molar-refractivity contribution in [2.75, 3.05) is 13.1 Å². The lowest BCUT2D eigenvalue weighted by Gasteiger charge is -2.44. The van der Waals surface area contributed by atoms with Crippen LogP contribution in [0.3, 0.4) is 0 Å². The van der Waals surface area contributed by atoms with Gasteiger partial charge in [-0.15, -0.1) is 0 Å². The molecule has 0 radical (unpaired) electrons. The summed E-state index contributed by atoms with van der Waals surface area (Å²) in [5.74, 6) is -6.15. The lowest BCUT2D eigenvalue weighted by atomic mass is 9.96. The van der Waals surface area contributed by atoms with E-state index < -0.39 is 42.2 Å². The maximum atomic E-state index is 12.6. The van der Waals surface area contributed by atoms with Crippen LogP contribution in [0.5, 0.6) is 0 Å². The second-order valence-corrected chi connectivity index (χ2v) is 4.92. The molecule has 0 aliphatic carbocycles. The molecule has 0 saturated carbocycles. The van der Waals surface area contributed by atoms with Crippen LogP contribution >= 0.6 is 0 Å². The minimum absolute atomic E-state index is 0.00810. The van der Waals surface area contributed by atoms with E-state index in [4.69, 9.17) is 5.11 Å². The fourth-order valence-corrected chi connectivity index (χ4v) is 2.29. The summed E-state index contributed by atoms with van der Waals surface area (Å²) in [4.78, 5) is 23.1. The van der Waals surface area contributed by atoms with Crippen LogP contribution in [0.1, 0.15) is 20.8 Å². The van der Waals surface area contributed by atoms with Gasteiger partial charge in [-0.2, -0.15) is 13.2 Å². The topological polar surface area (TPSA) is 81.1 Å². The van der Waals surface area contributed by atoms with E-state index in [0.717, 1.165) is 5.01 Å². The van der Waals surface area contributed by atoms with Crippen LogP contribution in [0, 0.1) is 11.8 Å². The van der Waals surface area contributed by atoms with Gasteiger partial charge in [-0.05, 0) is 12.8 Å². The Hall–Kier alpha value is -1.93. The zero-order valence-corrected chi connectivity index (χ0v) is 11.8. The molecule has 9 heteroatoms. The van der Waals surface area contributed by atoms with Gasteiger partial charge in [-0.3, -0.25) is 14.6 Å². The number of aliphatic hydroxyl groups excluding tert-OH is 1. The highest BCUT2D eigenvalue weighted by Crippen LogP contribution is 2.33. The molecular weight excluding hydrogens is 293 g/mol. The number of carboxylic acids is 1. The van der Waals surface area contributed by atoms with Gasteiger partial charge in [0.2, 0.25) is 0 Å². The maximum absolute atomic E-state index is 12.6. The minimum Gasteiger partial charge on any atom is -0.509 e. The predicted octanol–water partition coefficient (Wildman–Crippen LogP) is 1.75. The summed E-state index contributed by atoms with van der Waals surface area (Å²) in [7, 11) is 0. The number of carbonyl (C=O) groups excluding carboxylic acids is 1. The number of alkyl halides is 3. The number of allylic oxidation sites excluding steroid dienone is 1. The molecule has 1 aliphatic rings. The fourth-order valence-electron chi connectivity index (χ4n) is 2.29. The first-order valence-corrected chi connectivity index (χ1v) is 6.32. The molecule has 120 valence electrons. The van der Waals surface area contributed by atoms with E-state index in [0.29, 0.717) is 5.01 Å². The van der Waals surface area contributed by atoms with Crippen molar-refractivity contribution < 1.29 is 33.0 Å². The SMILES string of the molecule is CCN1C(C(C)C)=C(O)C(C(=O)O)C(=O)N1CC(F)(F)F. The van der Waals surface area contributed by atoms with Crippen molar-refractivity contribution in [3.8, 4) is 0 Å². The maximum Gasteiger partial charge on any atom is 0.408 e. The number of nitrogens with zero attached hydrogens (tertiary/aromatic N) is 2. The molecule has 0 saturated heterocycles. The van der Waals surface area contributed by atoms with Crippen molar-refractivity contribution in [3.05, 3.63) is 11.5 Å². The number of carbonyl (C=O) groups is 2. The predicted molar refractivity (Wildman–Crippen MR) is 65.8 cm³/mol. The normalized spacial score (nSPS) is 20.5. The largest absolute Gasteiger partial charge is 0.509 e. The van der Waals surface area contributed by atoms with E-state index in [1.807, 2.05) is 0 Å². The standard InChI is InChI=1S/C12H17F3N2O4/c1-4-16-8(6(2)3)9(18)7(11(20)21)10(19)17(16)5-12(13,14)15/h6-7,18H,4-5H2,1-3H3,(H,20,21). The van der Waals surface area contributed by atoms with Gasteiger partial charge in [0, 0.05) is 6.54 Å². The van der Waals surface area contributed by atoms with Gasteiger partial charge >= 0.3 is 12.1 Å². The summed E-state index contributed by atoms with van der Waals surface area (Å²) in [6, 6.07) is 0. The lowest BCUT2D eigenvalue weighted by molar-refractivity contribution is -0.195. The first-order valence-electron chi connectivity index (χ1n) is 6.32. The highest BCUT2D eigenvalue weighted by atomic mass is 19.4. The van der Waals surface area contributed by atoms with E-state index in [2.05, 4.69) is 0 Å². The number of hydrogen-bond donors (Lipinski definition) is 2. The average molecular weight is 310 g/mol. The summed E-state index contributed by atoms with van der Waals surface area (Å²) in [5, 5.41) is 20.3. The molecule has 1 aliphatic heterocycles. The van der Waals surface area contributed by atoms with Crippen LogP contribution in [0.15, 0.2) is 11.5 Å². The van der Waals surface area contributed by atoms with E-state index in [-0.39, 0.29) is 12.2 Å². The zero-order valence-electron chi connectivity index (χ0n) is 11.8. The van der Waals surface area contributed by atoms with Crippen LogP contribution in [0.2, 0.25) is 0 Å². The van der Waals surface area contributed by atoms with Crippen molar-refractivity contribution in [3.63, 3.8) is 0 Å². The molecule has 6 nitrogen and oxygen atoms in total. The summed E-state index contributed by atoms with van der Waals surface area (Å²) in [5.41, 5.74) is 0.00810. The third-order valence-electron chi connectivity index (χ3n) is 3.03. The number of hydrazine groups is 1. The van der Waals surface area contributed by atoms with Crippen LogP contribution in [-0.4, -0.2) is 51.4 Å². The molecule has 0 bridgehead atoms. The van der Waals surface area contributed by atoms with Gasteiger partial charge < -0.3 is 10.2 Å². The third-order valence-corrected chi connectivity index (χ3v) is 3.03. The Morgan fingerprint density at radius 1 is 1.33 bits per heavy atom. The average Bonchev–Trinajstić information content (AvgIpc) is 2.29. The lowest BCUT2D eigenvalue weighted by Crippen LogP contribution is -2.57. The van der Waals surface area contributed by atoms with Gasteiger partial charge in [0.15, 0.2) is 5.92 Å². The van der Waals surface area contributed by atoms with Crippen LogP contribution in [-0.2, 0) is 9.59 Å². The molecule has 1 unspecified atom stereocenters. The van der Waals surface area contributed by atoms with Crippen molar-refractivity contribution in [1.29, 1.82) is 0 Å². The Bertz CT molecular complexity index is 474. The molecule has 21 heavy (non-hydrogen) atoms. The molecule has 1 atom stereocenters. The number of hydrogen-bond acceptors (Lipinski definition) is 4. The van der Waals surface area contributed by atoms with Gasteiger partial charge in [0.05, 0.1) is 5.70 Å². The molecule has 0 aromatic rings. The number of rotatable bonds is 4.